The summed E-state index contributed by atoms with van der Waals surface area (Å²) in [6.45, 7) is 1.53. The van der Waals surface area contributed by atoms with E-state index in [4.69, 9.17) is 0 Å². The number of benzene rings is 1. The number of amides is 1. The predicted molar refractivity (Wildman–Crippen MR) is 85.0 cm³/mol. The van der Waals surface area contributed by atoms with Crippen LogP contribution in [0.3, 0.4) is 0 Å². The number of carbonyl (C=O) groups is 1. The molecule has 2 aromatic rings. The summed E-state index contributed by atoms with van der Waals surface area (Å²) in [5.41, 5.74) is 1.85. The highest BCUT2D eigenvalue weighted by molar-refractivity contribution is 5.94. The molecule has 0 saturated carbocycles. The summed E-state index contributed by atoms with van der Waals surface area (Å²) in [4.78, 5) is 16.5. The van der Waals surface area contributed by atoms with Crippen molar-refractivity contribution in [1.29, 1.82) is 0 Å². The zero-order chi connectivity index (χ0) is 15.5. The first-order valence-corrected chi connectivity index (χ1v) is 7.57. The fourth-order valence-corrected chi connectivity index (χ4v) is 2.83. The molecule has 0 bridgehead atoms. The number of anilines is 1. The van der Waals surface area contributed by atoms with E-state index in [1.54, 1.807) is 6.20 Å². The number of likely N-dealkylation sites (tertiary alicyclic amines) is 1. The zero-order valence-electron chi connectivity index (χ0n) is 13.0. The van der Waals surface area contributed by atoms with Crippen molar-refractivity contribution < 1.29 is 4.79 Å². The van der Waals surface area contributed by atoms with Crippen molar-refractivity contribution >= 4 is 11.6 Å². The summed E-state index contributed by atoms with van der Waals surface area (Å²) in [6, 6.07) is 8.12. The lowest BCUT2D eigenvalue weighted by Gasteiger charge is -2.32. The number of carbonyl (C=O) groups excluding carboxylic acids is 1. The Hall–Kier alpha value is -2.37. The minimum atomic E-state index is 0.113. The largest absolute Gasteiger partial charge is 0.378 e. The molecular formula is C16H21N5O. The molecule has 1 aromatic carbocycles. The fourth-order valence-electron chi connectivity index (χ4n) is 2.83. The second-order valence-electron chi connectivity index (χ2n) is 5.85. The van der Waals surface area contributed by atoms with Gasteiger partial charge in [-0.2, -0.15) is 0 Å². The molecular weight excluding hydrogens is 278 g/mol. The third-order valence-corrected chi connectivity index (χ3v) is 4.20. The lowest BCUT2D eigenvalue weighted by atomic mass is 10.0. The Morgan fingerprint density at radius 2 is 1.86 bits per heavy atom. The highest BCUT2D eigenvalue weighted by atomic mass is 16.2. The molecule has 0 aliphatic carbocycles. The minimum absolute atomic E-state index is 0.113. The quantitative estimate of drug-likeness (QED) is 0.867. The van der Waals surface area contributed by atoms with Crippen molar-refractivity contribution in [3.05, 3.63) is 42.2 Å². The summed E-state index contributed by atoms with van der Waals surface area (Å²) in [5.74, 6) is 0.113. The van der Waals surface area contributed by atoms with Gasteiger partial charge in [-0.15, -0.1) is 5.10 Å². The van der Waals surface area contributed by atoms with Gasteiger partial charge in [0.05, 0.1) is 12.2 Å². The van der Waals surface area contributed by atoms with Crippen LogP contribution in [0.2, 0.25) is 0 Å². The predicted octanol–water partition coefficient (Wildman–Crippen LogP) is 1.82. The van der Waals surface area contributed by atoms with Crippen LogP contribution in [0.4, 0.5) is 5.69 Å². The van der Waals surface area contributed by atoms with Gasteiger partial charge in [-0.3, -0.25) is 4.79 Å². The topological polar surface area (TPSA) is 54.3 Å². The van der Waals surface area contributed by atoms with Gasteiger partial charge in [0.25, 0.3) is 5.91 Å². The Kier molecular flexibility index (Phi) is 4.09. The average molecular weight is 299 g/mol. The lowest BCUT2D eigenvalue weighted by Crippen LogP contribution is -2.39. The molecule has 2 heterocycles. The van der Waals surface area contributed by atoms with Crippen molar-refractivity contribution in [3.8, 4) is 0 Å². The number of piperidine rings is 1. The molecule has 1 saturated heterocycles. The minimum Gasteiger partial charge on any atom is -0.378 e. The van der Waals surface area contributed by atoms with Crippen LogP contribution in [0.1, 0.15) is 29.2 Å². The molecule has 1 aliphatic heterocycles. The summed E-state index contributed by atoms with van der Waals surface area (Å²) in [6.07, 6.45) is 5.43. The number of aromatic nitrogens is 3. The third kappa shape index (κ3) is 2.95. The number of hydrogen-bond acceptors (Lipinski definition) is 4. The van der Waals surface area contributed by atoms with Crippen LogP contribution < -0.4 is 4.90 Å². The molecule has 0 radical (unpaired) electrons. The standard InChI is InChI=1S/C16H21N5O/c1-19(2)14-5-3-13(4-6-14)16(22)20-10-7-15(8-11-20)21-12-9-17-18-21/h3-6,9,12,15H,7-8,10-11H2,1-2H3. The number of hydrogen-bond donors (Lipinski definition) is 0. The molecule has 3 rings (SSSR count). The average Bonchev–Trinajstić information content (AvgIpc) is 3.09. The van der Waals surface area contributed by atoms with Crippen LogP contribution in [0.15, 0.2) is 36.7 Å². The molecule has 6 heteroatoms. The summed E-state index contributed by atoms with van der Waals surface area (Å²) in [5, 5.41) is 7.90. The van der Waals surface area contributed by atoms with Gasteiger partial charge in [0.2, 0.25) is 0 Å². The monoisotopic (exact) mass is 299 g/mol. The normalized spacial score (nSPS) is 15.8. The van der Waals surface area contributed by atoms with E-state index in [1.807, 2.05) is 59.0 Å². The Morgan fingerprint density at radius 3 is 2.41 bits per heavy atom. The van der Waals surface area contributed by atoms with E-state index in [0.29, 0.717) is 6.04 Å². The molecule has 1 amide bonds. The smallest absolute Gasteiger partial charge is 0.253 e. The third-order valence-electron chi connectivity index (χ3n) is 4.20. The van der Waals surface area contributed by atoms with Crippen molar-refractivity contribution in [1.82, 2.24) is 19.9 Å². The maximum absolute atomic E-state index is 12.6. The summed E-state index contributed by atoms with van der Waals surface area (Å²) in [7, 11) is 3.98. The maximum atomic E-state index is 12.6. The first-order valence-electron chi connectivity index (χ1n) is 7.57. The van der Waals surface area contributed by atoms with Gasteiger partial charge >= 0.3 is 0 Å². The van der Waals surface area contributed by atoms with Gasteiger partial charge in [-0.1, -0.05) is 5.21 Å². The molecule has 0 N–H and O–H groups in total. The van der Waals surface area contributed by atoms with E-state index < -0.39 is 0 Å². The first-order chi connectivity index (χ1) is 10.6. The Morgan fingerprint density at radius 1 is 1.18 bits per heavy atom. The van der Waals surface area contributed by atoms with Crippen LogP contribution >= 0.6 is 0 Å². The molecule has 1 aliphatic rings. The van der Waals surface area contributed by atoms with Gasteiger partial charge < -0.3 is 9.80 Å². The van der Waals surface area contributed by atoms with E-state index >= 15 is 0 Å². The first kappa shape index (κ1) is 14.6. The fraction of sp³-hybridized carbons (Fsp3) is 0.438. The van der Waals surface area contributed by atoms with Crippen molar-refractivity contribution in [2.75, 3.05) is 32.1 Å². The molecule has 0 unspecified atom stereocenters. The Labute approximate surface area is 130 Å². The summed E-state index contributed by atoms with van der Waals surface area (Å²) < 4.78 is 1.90. The Bertz CT molecular complexity index is 612. The van der Waals surface area contributed by atoms with Crippen LogP contribution in [0.5, 0.6) is 0 Å². The van der Waals surface area contributed by atoms with E-state index in [9.17, 15) is 4.79 Å². The molecule has 22 heavy (non-hydrogen) atoms. The second kappa shape index (κ2) is 6.17. The molecule has 6 nitrogen and oxygen atoms in total. The van der Waals surface area contributed by atoms with Gasteiger partial charge in [0, 0.05) is 44.6 Å². The van der Waals surface area contributed by atoms with E-state index in [-0.39, 0.29) is 5.91 Å². The molecule has 0 spiro atoms. The van der Waals surface area contributed by atoms with Gasteiger partial charge in [0.15, 0.2) is 0 Å². The SMILES string of the molecule is CN(C)c1ccc(C(=O)N2CCC(n3ccnn3)CC2)cc1. The molecule has 1 fully saturated rings. The van der Waals surface area contributed by atoms with Gasteiger partial charge in [-0.25, -0.2) is 4.68 Å². The van der Waals surface area contributed by atoms with E-state index in [1.165, 1.54) is 0 Å². The van der Waals surface area contributed by atoms with Gasteiger partial charge in [0.1, 0.15) is 0 Å². The van der Waals surface area contributed by atoms with E-state index in [0.717, 1.165) is 37.2 Å². The maximum Gasteiger partial charge on any atom is 0.253 e. The lowest BCUT2D eigenvalue weighted by molar-refractivity contribution is 0.0689. The van der Waals surface area contributed by atoms with E-state index in [2.05, 4.69) is 10.3 Å². The molecule has 1 aromatic heterocycles. The zero-order valence-corrected chi connectivity index (χ0v) is 13.0. The molecule has 116 valence electrons. The van der Waals surface area contributed by atoms with Crippen molar-refractivity contribution in [2.45, 2.75) is 18.9 Å². The highest BCUT2D eigenvalue weighted by Gasteiger charge is 2.24. The van der Waals surface area contributed by atoms with Crippen LogP contribution in [-0.2, 0) is 0 Å². The van der Waals surface area contributed by atoms with Crippen LogP contribution in [0.25, 0.3) is 0 Å². The van der Waals surface area contributed by atoms with Gasteiger partial charge in [-0.05, 0) is 37.1 Å². The number of rotatable bonds is 3. The number of nitrogens with zero attached hydrogens (tertiary/aromatic N) is 5. The van der Waals surface area contributed by atoms with Crippen molar-refractivity contribution in [3.63, 3.8) is 0 Å². The summed E-state index contributed by atoms with van der Waals surface area (Å²) >= 11 is 0. The van der Waals surface area contributed by atoms with Crippen molar-refractivity contribution in [2.24, 2.45) is 0 Å². The Balaban J connectivity index is 1.62. The molecule has 0 atom stereocenters. The van der Waals surface area contributed by atoms with Crippen LogP contribution in [-0.4, -0.2) is 53.0 Å². The second-order valence-corrected chi connectivity index (χ2v) is 5.85. The van der Waals surface area contributed by atoms with Crippen LogP contribution in [0, 0.1) is 0 Å². The highest BCUT2D eigenvalue weighted by Crippen LogP contribution is 2.23.